The topological polar surface area (TPSA) is 98.2 Å². The quantitative estimate of drug-likeness (QED) is 0.473. The monoisotopic (exact) mass is 407 g/mol. The van der Waals surface area contributed by atoms with E-state index in [-0.39, 0.29) is 37.1 Å². The maximum absolute atomic E-state index is 12.7. The van der Waals surface area contributed by atoms with Crippen LogP contribution >= 0.6 is 0 Å². The van der Waals surface area contributed by atoms with E-state index in [9.17, 15) is 17.2 Å². The van der Waals surface area contributed by atoms with Gasteiger partial charge in [-0.25, -0.2) is 13.4 Å². The number of hydrogen-bond acceptors (Lipinski definition) is 6. The van der Waals surface area contributed by atoms with Crippen molar-refractivity contribution in [3.63, 3.8) is 0 Å². The minimum Gasteiger partial charge on any atom is -0.454 e. The van der Waals surface area contributed by atoms with Crippen LogP contribution in [-0.4, -0.2) is 52.4 Å². The van der Waals surface area contributed by atoms with Crippen molar-refractivity contribution in [2.24, 2.45) is 4.99 Å². The van der Waals surface area contributed by atoms with Gasteiger partial charge in [0.25, 0.3) is 0 Å². The summed E-state index contributed by atoms with van der Waals surface area (Å²) in [5.74, 6) is 1.10. The van der Waals surface area contributed by atoms with Crippen LogP contribution in [-0.2, 0) is 16.4 Å². The summed E-state index contributed by atoms with van der Waals surface area (Å²) in [4.78, 5) is 4.30. The molecule has 8 nitrogen and oxygen atoms in total. The maximum Gasteiger partial charge on any atom is 0.387 e. The van der Waals surface area contributed by atoms with Crippen molar-refractivity contribution in [1.82, 2.24) is 10.6 Å². The SMILES string of the molecule is CCNC(=NCc1cc2c(cc1OC(F)F)OCO2)NCCS(=O)(=O)CC. The average molecular weight is 407 g/mol. The smallest absolute Gasteiger partial charge is 0.387 e. The number of nitrogens with zero attached hydrogens (tertiary/aromatic N) is 1. The van der Waals surface area contributed by atoms with E-state index in [0.717, 1.165) is 0 Å². The molecule has 0 bridgehead atoms. The van der Waals surface area contributed by atoms with Crippen LogP contribution in [0.1, 0.15) is 19.4 Å². The second-order valence-corrected chi connectivity index (χ2v) is 8.02. The fourth-order valence-electron chi connectivity index (χ4n) is 2.27. The molecule has 152 valence electrons. The van der Waals surface area contributed by atoms with Gasteiger partial charge in [0.1, 0.15) is 5.75 Å². The summed E-state index contributed by atoms with van der Waals surface area (Å²) < 4.78 is 63.4. The molecule has 2 rings (SSSR count). The minimum absolute atomic E-state index is 0.00622. The third-order valence-electron chi connectivity index (χ3n) is 3.67. The summed E-state index contributed by atoms with van der Waals surface area (Å²) in [7, 11) is -3.10. The molecular formula is C16H23F2N3O5S. The van der Waals surface area contributed by atoms with E-state index in [2.05, 4.69) is 20.4 Å². The maximum atomic E-state index is 12.7. The molecule has 0 aliphatic carbocycles. The Bertz CT molecular complexity index is 772. The lowest BCUT2D eigenvalue weighted by atomic mass is 10.1. The molecule has 1 aliphatic rings. The summed E-state index contributed by atoms with van der Waals surface area (Å²) in [6.07, 6.45) is 0. The van der Waals surface area contributed by atoms with Crippen molar-refractivity contribution in [1.29, 1.82) is 0 Å². The summed E-state index contributed by atoms with van der Waals surface area (Å²) >= 11 is 0. The van der Waals surface area contributed by atoms with Gasteiger partial charge in [-0.15, -0.1) is 0 Å². The number of halogens is 2. The van der Waals surface area contributed by atoms with Crippen LogP contribution in [0.3, 0.4) is 0 Å². The molecule has 1 aromatic rings. The predicted octanol–water partition coefficient (Wildman–Crippen LogP) is 1.51. The van der Waals surface area contributed by atoms with E-state index in [0.29, 0.717) is 29.6 Å². The first kappa shape index (κ1) is 21.0. The van der Waals surface area contributed by atoms with Gasteiger partial charge in [-0.2, -0.15) is 8.78 Å². The van der Waals surface area contributed by atoms with Crippen molar-refractivity contribution in [2.45, 2.75) is 27.0 Å². The molecule has 1 aliphatic heterocycles. The number of sulfone groups is 1. The first-order chi connectivity index (χ1) is 12.8. The van der Waals surface area contributed by atoms with Crippen molar-refractivity contribution >= 4 is 15.8 Å². The number of fused-ring (bicyclic) bond motifs is 1. The Morgan fingerprint density at radius 1 is 1.26 bits per heavy atom. The second-order valence-electron chi connectivity index (χ2n) is 5.55. The van der Waals surface area contributed by atoms with Gasteiger partial charge in [0, 0.05) is 30.5 Å². The summed E-state index contributed by atoms with van der Waals surface area (Å²) in [5.41, 5.74) is 0.387. The Hall–Kier alpha value is -2.30. The van der Waals surface area contributed by atoms with Crippen LogP contribution in [0.5, 0.6) is 17.2 Å². The van der Waals surface area contributed by atoms with Crippen molar-refractivity contribution in [2.75, 3.05) is 31.4 Å². The Morgan fingerprint density at radius 3 is 2.59 bits per heavy atom. The highest BCUT2D eigenvalue weighted by atomic mass is 32.2. The molecule has 0 amide bonds. The highest BCUT2D eigenvalue weighted by Crippen LogP contribution is 2.38. The molecule has 0 saturated carbocycles. The zero-order chi connectivity index (χ0) is 19.9. The van der Waals surface area contributed by atoms with Crippen LogP contribution in [0.4, 0.5) is 8.78 Å². The normalized spacial score (nSPS) is 13.7. The molecule has 0 aromatic heterocycles. The number of alkyl halides is 2. The van der Waals surface area contributed by atoms with Crippen molar-refractivity contribution in [3.05, 3.63) is 17.7 Å². The Kier molecular flexibility index (Phi) is 7.45. The van der Waals surface area contributed by atoms with Crippen LogP contribution < -0.4 is 24.8 Å². The molecule has 27 heavy (non-hydrogen) atoms. The van der Waals surface area contributed by atoms with E-state index < -0.39 is 16.4 Å². The molecule has 0 spiro atoms. The lowest BCUT2D eigenvalue weighted by Gasteiger charge is -2.13. The predicted molar refractivity (Wildman–Crippen MR) is 96.3 cm³/mol. The molecule has 0 radical (unpaired) electrons. The third kappa shape index (κ3) is 6.42. The van der Waals surface area contributed by atoms with Gasteiger partial charge in [0.15, 0.2) is 27.3 Å². The van der Waals surface area contributed by atoms with Gasteiger partial charge < -0.3 is 24.8 Å². The Balaban J connectivity index is 2.11. The zero-order valence-electron chi connectivity index (χ0n) is 15.1. The number of guanidine groups is 1. The number of nitrogens with one attached hydrogen (secondary N) is 2. The van der Waals surface area contributed by atoms with E-state index in [1.807, 2.05) is 6.92 Å². The fourth-order valence-corrected chi connectivity index (χ4v) is 2.97. The lowest BCUT2D eigenvalue weighted by molar-refractivity contribution is -0.0505. The summed E-state index contributed by atoms with van der Waals surface area (Å²) in [6.45, 7) is 1.21. The number of rotatable bonds is 9. The van der Waals surface area contributed by atoms with Crippen LogP contribution in [0.15, 0.2) is 17.1 Å². The number of ether oxygens (including phenoxy) is 3. The van der Waals surface area contributed by atoms with Gasteiger partial charge in [-0.05, 0) is 13.0 Å². The van der Waals surface area contributed by atoms with E-state index in [4.69, 9.17) is 9.47 Å². The number of hydrogen-bond donors (Lipinski definition) is 2. The minimum atomic E-state index is -3.10. The average Bonchev–Trinajstić information content (AvgIpc) is 3.06. The Labute approximate surface area is 156 Å². The highest BCUT2D eigenvalue weighted by molar-refractivity contribution is 7.91. The van der Waals surface area contributed by atoms with E-state index in [1.54, 1.807) is 6.92 Å². The van der Waals surface area contributed by atoms with E-state index in [1.165, 1.54) is 12.1 Å². The molecule has 11 heteroatoms. The fraction of sp³-hybridized carbons (Fsp3) is 0.562. The second kappa shape index (κ2) is 9.58. The molecule has 0 fully saturated rings. The first-order valence-corrected chi connectivity index (χ1v) is 10.3. The van der Waals surface area contributed by atoms with E-state index >= 15 is 0 Å². The lowest BCUT2D eigenvalue weighted by Crippen LogP contribution is -2.39. The molecule has 1 heterocycles. The molecular weight excluding hydrogens is 384 g/mol. The van der Waals surface area contributed by atoms with Gasteiger partial charge in [0.2, 0.25) is 6.79 Å². The summed E-state index contributed by atoms with van der Waals surface area (Å²) in [5, 5.41) is 5.88. The number of aliphatic imine (C=N–C) groups is 1. The highest BCUT2D eigenvalue weighted by Gasteiger charge is 2.20. The van der Waals surface area contributed by atoms with Crippen LogP contribution in [0, 0.1) is 0 Å². The molecule has 0 unspecified atom stereocenters. The Morgan fingerprint density at radius 2 is 1.96 bits per heavy atom. The number of benzene rings is 1. The van der Waals surface area contributed by atoms with Gasteiger partial charge in [-0.1, -0.05) is 6.92 Å². The first-order valence-electron chi connectivity index (χ1n) is 8.44. The molecule has 2 N–H and O–H groups in total. The zero-order valence-corrected chi connectivity index (χ0v) is 15.9. The van der Waals surface area contributed by atoms with Crippen LogP contribution in [0.2, 0.25) is 0 Å². The van der Waals surface area contributed by atoms with Gasteiger partial charge in [0.05, 0.1) is 12.3 Å². The van der Waals surface area contributed by atoms with Crippen molar-refractivity contribution in [3.8, 4) is 17.2 Å². The molecule has 1 aromatic carbocycles. The molecule has 0 atom stereocenters. The van der Waals surface area contributed by atoms with Gasteiger partial charge in [-0.3, -0.25) is 0 Å². The van der Waals surface area contributed by atoms with Crippen molar-refractivity contribution < 1.29 is 31.4 Å². The molecule has 0 saturated heterocycles. The van der Waals surface area contributed by atoms with Crippen LogP contribution in [0.25, 0.3) is 0 Å². The third-order valence-corrected chi connectivity index (χ3v) is 5.37. The van der Waals surface area contributed by atoms with Gasteiger partial charge >= 0.3 is 6.61 Å². The standard InChI is InChI=1S/C16H23F2N3O5S/c1-3-19-16(20-5-6-27(22,23)4-2)21-9-11-7-13-14(25-10-24-13)8-12(11)26-15(17)18/h7-8,15H,3-6,9-10H2,1-2H3,(H2,19,20,21). The summed E-state index contributed by atoms with van der Waals surface area (Å²) in [6, 6.07) is 2.88. The largest absolute Gasteiger partial charge is 0.454 e.